The third-order valence-electron chi connectivity index (χ3n) is 4.61. The van der Waals surface area contributed by atoms with Crippen LogP contribution in [0.25, 0.3) is 0 Å². The predicted octanol–water partition coefficient (Wildman–Crippen LogP) is 3.34. The van der Waals surface area contributed by atoms with Gasteiger partial charge in [-0.1, -0.05) is 33.6 Å². The summed E-state index contributed by atoms with van der Waals surface area (Å²) in [6.07, 6.45) is 8.49. The summed E-state index contributed by atoms with van der Waals surface area (Å²) in [6, 6.07) is 1.64. The minimum Gasteiger partial charge on any atom is -0.310 e. The lowest BCUT2D eigenvalue weighted by Crippen LogP contribution is -2.51. The molecule has 14 heavy (non-hydrogen) atoms. The fourth-order valence-electron chi connectivity index (χ4n) is 3.17. The van der Waals surface area contributed by atoms with E-state index in [0.717, 1.165) is 18.0 Å². The summed E-state index contributed by atoms with van der Waals surface area (Å²) in [4.78, 5) is 0. The summed E-state index contributed by atoms with van der Waals surface area (Å²) < 4.78 is 0. The molecule has 2 aliphatic carbocycles. The summed E-state index contributed by atoms with van der Waals surface area (Å²) in [5.41, 5.74) is 0.549. The lowest BCUT2D eigenvalue weighted by Gasteiger charge is -2.41. The van der Waals surface area contributed by atoms with Gasteiger partial charge in [-0.25, -0.2) is 0 Å². The minimum absolute atomic E-state index is 0.549. The first-order valence-corrected chi connectivity index (χ1v) is 6.39. The average Bonchev–Trinajstić information content (AvgIpc) is 2.40. The van der Waals surface area contributed by atoms with E-state index in [0.29, 0.717) is 5.41 Å². The third kappa shape index (κ3) is 1.84. The Morgan fingerprint density at radius 1 is 1.21 bits per heavy atom. The quantitative estimate of drug-likeness (QED) is 0.728. The molecule has 1 heteroatoms. The number of hydrogen-bond acceptors (Lipinski definition) is 1. The molecule has 3 unspecified atom stereocenters. The maximum Gasteiger partial charge on any atom is 0.0121 e. The van der Waals surface area contributed by atoms with Gasteiger partial charge in [0.05, 0.1) is 0 Å². The summed E-state index contributed by atoms with van der Waals surface area (Å²) in [5, 5.41) is 3.91. The van der Waals surface area contributed by atoms with E-state index in [9.17, 15) is 0 Å². The zero-order valence-corrected chi connectivity index (χ0v) is 9.97. The molecule has 3 atom stereocenters. The summed E-state index contributed by atoms with van der Waals surface area (Å²) in [7, 11) is 0. The first-order chi connectivity index (χ1) is 6.63. The van der Waals surface area contributed by atoms with Crippen LogP contribution in [0.5, 0.6) is 0 Å². The van der Waals surface area contributed by atoms with Crippen LogP contribution < -0.4 is 5.32 Å². The van der Waals surface area contributed by atoms with Crippen LogP contribution in [-0.4, -0.2) is 12.1 Å². The van der Waals surface area contributed by atoms with Gasteiger partial charge in [0.15, 0.2) is 0 Å². The van der Waals surface area contributed by atoms with Gasteiger partial charge in [-0.15, -0.1) is 0 Å². The first-order valence-electron chi connectivity index (χ1n) is 6.39. The zero-order chi connectivity index (χ0) is 10.2. The molecule has 0 aromatic carbocycles. The molecule has 2 fully saturated rings. The van der Waals surface area contributed by atoms with Gasteiger partial charge in [0.25, 0.3) is 0 Å². The Morgan fingerprint density at radius 2 is 2.00 bits per heavy atom. The Morgan fingerprint density at radius 3 is 2.43 bits per heavy atom. The highest BCUT2D eigenvalue weighted by atomic mass is 15.0. The molecule has 1 N–H and O–H groups in total. The van der Waals surface area contributed by atoms with Gasteiger partial charge >= 0.3 is 0 Å². The maximum absolute atomic E-state index is 3.91. The van der Waals surface area contributed by atoms with Gasteiger partial charge in [0.2, 0.25) is 0 Å². The fourth-order valence-corrected chi connectivity index (χ4v) is 3.17. The molecule has 82 valence electrons. The Bertz CT molecular complexity index is 195. The van der Waals surface area contributed by atoms with E-state index < -0.39 is 0 Å². The average molecular weight is 195 g/mol. The molecule has 0 aromatic heterocycles. The molecule has 0 saturated heterocycles. The van der Waals surface area contributed by atoms with Gasteiger partial charge in [-0.3, -0.25) is 0 Å². The number of rotatable bonds is 3. The van der Waals surface area contributed by atoms with Crippen molar-refractivity contribution in [2.75, 3.05) is 0 Å². The molecule has 0 radical (unpaired) electrons. The van der Waals surface area contributed by atoms with Gasteiger partial charge in [0.1, 0.15) is 0 Å². The zero-order valence-electron chi connectivity index (χ0n) is 9.97. The van der Waals surface area contributed by atoms with Crippen molar-refractivity contribution in [2.45, 2.75) is 71.4 Å². The Labute approximate surface area is 88.7 Å². The molecular weight excluding hydrogens is 170 g/mol. The molecule has 0 aromatic rings. The van der Waals surface area contributed by atoms with E-state index >= 15 is 0 Å². The molecular formula is C13H25N. The Kier molecular flexibility index (Phi) is 2.88. The van der Waals surface area contributed by atoms with Gasteiger partial charge in [-0.05, 0) is 37.0 Å². The molecule has 2 saturated carbocycles. The first kappa shape index (κ1) is 10.5. The maximum atomic E-state index is 3.91. The van der Waals surface area contributed by atoms with Crippen LogP contribution in [0.2, 0.25) is 0 Å². The molecule has 2 aliphatic rings. The van der Waals surface area contributed by atoms with Gasteiger partial charge < -0.3 is 5.32 Å². The Balaban J connectivity index is 1.85. The number of hydrogen-bond donors (Lipinski definition) is 1. The second-order valence-electron chi connectivity index (χ2n) is 5.95. The van der Waals surface area contributed by atoms with Gasteiger partial charge in [0, 0.05) is 12.1 Å². The largest absolute Gasteiger partial charge is 0.310 e. The predicted molar refractivity (Wildman–Crippen MR) is 61.4 cm³/mol. The van der Waals surface area contributed by atoms with E-state index in [-0.39, 0.29) is 0 Å². The third-order valence-corrected chi connectivity index (χ3v) is 4.61. The van der Waals surface area contributed by atoms with E-state index in [2.05, 4.69) is 26.1 Å². The topological polar surface area (TPSA) is 12.0 Å². The standard InChI is InChI=1S/C13H25N/c1-4-10-7-8-11(10)14-12-6-5-9-13(12,2)3/h10-12,14H,4-9H2,1-3H3. The van der Waals surface area contributed by atoms with Crippen LogP contribution in [0.15, 0.2) is 0 Å². The number of nitrogens with one attached hydrogen (secondary N) is 1. The summed E-state index contributed by atoms with van der Waals surface area (Å²) in [5.74, 6) is 0.978. The fraction of sp³-hybridized carbons (Fsp3) is 1.00. The molecule has 0 heterocycles. The van der Waals surface area contributed by atoms with E-state index in [1.807, 2.05) is 0 Å². The van der Waals surface area contributed by atoms with Crippen molar-refractivity contribution in [2.24, 2.45) is 11.3 Å². The smallest absolute Gasteiger partial charge is 0.0121 e. The van der Waals surface area contributed by atoms with Crippen molar-refractivity contribution in [3.05, 3.63) is 0 Å². The molecule has 0 spiro atoms. The monoisotopic (exact) mass is 195 g/mol. The molecule has 0 bridgehead atoms. The highest BCUT2D eigenvalue weighted by Crippen LogP contribution is 2.40. The molecule has 0 amide bonds. The van der Waals surface area contributed by atoms with Crippen LogP contribution in [0, 0.1) is 11.3 Å². The van der Waals surface area contributed by atoms with Crippen molar-refractivity contribution in [3.8, 4) is 0 Å². The van der Waals surface area contributed by atoms with Crippen LogP contribution in [-0.2, 0) is 0 Å². The molecule has 1 nitrogen and oxygen atoms in total. The van der Waals surface area contributed by atoms with E-state index in [4.69, 9.17) is 0 Å². The van der Waals surface area contributed by atoms with Crippen molar-refractivity contribution in [3.63, 3.8) is 0 Å². The van der Waals surface area contributed by atoms with Crippen LogP contribution >= 0.6 is 0 Å². The van der Waals surface area contributed by atoms with Crippen LogP contribution in [0.3, 0.4) is 0 Å². The lowest BCUT2D eigenvalue weighted by atomic mass is 9.76. The van der Waals surface area contributed by atoms with Crippen molar-refractivity contribution in [1.82, 2.24) is 5.32 Å². The molecule has 2 rings (SSSR count). The van der Waals surface area contributed by atoms with Crippen molar-refractivity contribution < 1.29 is 0 Å². The molecule has 0 aliphatic heterocycles. The van der Waals surface area contributed by atoms with E-state index in [1.165, 1.54) is 38.5 Å². The van der Waals surface area contributed by atoms with Crippen LogP contribution in [0.1, 0.15) is 59.3 Å². The highest BCUT2D eigenvalue weighted by molar-refractivity contribution is 4.95. The van der Waals surface area contributed by atoms with E-state index in [1.54, 1.807) is 0 Å². The second kappa shape index (κ2) is 3.84. The van der Waals surface area contributed by atoms with Crippen molar-refractivity contribution in [1.29, 1.82) is 0 Å². The normalized spacial score (nSPS) is 40.9. The minimum atomic E-state index is 0.549. The second-order valence-corrected chi connectivity index (χ2v) is 5.95. The summed E-state index contributed by atoms with van der Waals surface area (Å²) >= 11 is 0. The lowest BCUT2D eigenvalue weighted by molar-refractivity contribution is 0.153. The van der Waals surface area contributed by atoms with Gasteiger partial charge in [-0.2, -0.15) is 0 Å². The summed E-state index contributed by atoms with van der Waals surface area (Å²) in [6.45, 7) is 7.19. The highest BCUT2D eigenvalue weighted by Gasteiger charge is 2.38. The van der Waals surface area contributed by atoms with Crippen LogP contribution in [0.4, 0.5) is 0 Å². The SMILES string of the molecule is CCC1CCC1NC1CCCC1(C)C. The van der Waals surface area contributed by atoms with Crippen molar-refractivity contribution >= 4 is 0 Å². The Hall–Kier alpha value is -0.0400.